The van der Waals surface area contributed by atoms with E-state index in [1.165, 1.54) is 6.92 Å². The molecular weight excluding hydrogens is 267 g/mol. The highest BCUT2D eigenvalue weighted by Gasteiger charge is 2.38. The molecule has 1 atom stereocenters. The Kier molecular flexibility index (Phi) is 10.4. The number of rotatable bonds is 12. The number of ether oxygens (including phenoxy) is 1. The van der Waals surface area contributed by atoms with Crippen LogP contribution in [0.4, 0.5) is 0 Å². The second-order valence-electron chi connectivity index (χ2n) is 4.26. The standard InChI is InChI=1S/C13H27O5P/c1-5-8-10-16-11-9-13(12(4)14)19(15,17-6-2)18-7-3/h13H,5-11H2,1-4H3. The van der Waals surface area contributed by atoms with Crippen LogP contribution in [0, 0.1) is 0 Å². The Hall–Kier alpha value is -0.220. The third-order valence-electron chi connectivity index (χ3n) is 2.65. The first kappa shape index (κ1) is 18.8. The van der Waals surface area contributed by atoms with E-state index in [0.29, 0.717) is 19.6 Å². The Labute approximate surface area is 116 Å². The van der Waals surface area contributed by atoms with E-state index in [0.717, 1.165) is 12.8 Å². The molecule has 0 saturated carbocycles. The normalized spacial score (nSPS) is 13.5. The number of Topliss-reactive ketones (excluding diaryl/α,β-unsaturated/α-hetero) is 1. The lowest BCUT2D eigenvalue weighted by molar-refractivity contribution is -0.117. The van der Waals surface area contributed by atoms with Crippen molar-refractivity contribution in [1.29, 1.82) is 0 Å². The van der Waals surface area contributed by atoms with E-state index in [2.05, 4.69) is 6.92 Å². The van der Waals surface area contributed by atoms with Crippen LogP contribution in [0.2, 0.25) is 0 Å². The quantitative estimate of drug-likeness (QED) is 0.407. The van der Waals surface area contributed by atoms with Crippen LogP contribution in [0.15, 0.2) is 0 Å². The molecule has 0 heterocycles. The molecule has 0 rings (SSSR count). The summed E-state index contributed by atoms with van der Waals surface area (Å²) >= 11 is 0. The topological polar surface area (TPSA) is 61.8 Å². The van der Waals surface area contributed by atoms with E-state index in [1.807, 2.05) is 0 Å². The highest BCUT2D eigenvalue weighted by atomic mass is 31.2. The van der Waals surface area contributed by atoms with Crippen LogP contribution < -0.4 is 0 Å². The van der Waals surface area contributed by atoms with Gasteiger partial charge in [-0.2, -0.15) is 0 Å². The van der Waals surface area contributed by atoms with Gasteiger partial charge in [-0.25, -0.2) is 0 Å². The molecular formula is C13H27O5P. The first-order valence-corrected chi connectivity index (χ1v) is 8.59. The zero-order chi connectivity index (χ0) is 14.7. The van der Waals surface area contributed by atoms with E-state index >= 15 is 0 Å². The Morgan fingerprint density at radius 3 is 2.11 bits per heavy atom. The summed E-state index contributed by atoms with van der Waals surface area (Å²) in [5, 5.41) is 0. The van der Waals surface area contributed by atoms with Crippen LogP contribution in [0.1, 0.15) is 47.0 Å². The molecule has 114 valence electrons. The van der Waals surface area contributed by atoms with Crippen LogP contribution in [-0.4, -0.2) is 37.9 Å². The van der Waals surface area contributed by atoms with Gasteiger partial charge < -0.3 is 13.8 Å². The van der Waals surface area contributed by atoms with Gasteiger partial charge in [0.2, 0.25) is 0 Å². The molecule has 0 radical (unpaired) electrons. The fourth-order valence-corrected chi connectivity index (χ4v) is 3.73. The smallest absolute Gasteiger partial charge is 0.341 e. The van der Waals surface area contributed by atoms with Crippen molar-refractivity contribution in [2.45, 2.75) is 52.6 Å². The highest BCUT2D eigenvalue weighted by molar-refractivity contribution is 7.55. The number of carbonyl (C=O) groups excluding carboxylic acids is 1. The fourth-order valence-electron chi connectivity index (χ4n) is 1.70. The SMILES string of the molecule is CCCCOCCC(C(C)=O)P(=O)(OCC)OCC. The van der Waals surface area contributed by atoms with E-state index < -0.39 is 13.3 Å². The van der Waals surface area contributed by atoms with E-state index in [1.54, 1.807) is 13.8 Å². The maximum absolute atomic E-state index is 12.6. The van der Waals surface area contributed by atoms with Gasteiger partial charge in [0.25, 0.3) is 0 Å². The van der Waals surface area contributed by atoms with Crippen molar-refractivity contribution in [2.75, 3.05) is 26.4 Å². The van der Waals surface area contributed by atoms with Crippen molar-refractivity contribution in [3.8, 4) is 0 Å². The lowest BCUT2D eigenvalue weighted by Gasteiger charge is -2.24. The summed E-state index contributed by atoms with van der Waals surface area (Å²) in [6, 6.07) is 0. The van der Waals surface area contributed by atoms with E-state index in [9.17, 15) is 9.36 Å². The molecule has 0 saturated heterocycles. The summed E-state index contributed by atoms with van der Waals surface area (Å²) in [5.41, 5.74) is -0.728. The molecule has 5 nitrogen and oxygen atoms in total. The summed E-state index contributed by atoms with van der Waals surface area (Å²) in [6.07, 6.45) is 2.42. The number of ketones is 1. The minimum absolute atomic E-state index is 0.177. The Morgan fingerprint density at radius 1 is 1.11 bits per heavy atom. The average Bonchev–Trinajstić information content (AvgIpc) is 2.33. The molecule has 0 aliphatic carbocycles. The summed E-state index contributed by atoms with van der Waals surface area (Å²) in [7, 11) is -3.37. The first-order valence-electron chi connectivity index (χ1n) is 6.98. The van der Waals surface area contributed by atoms with Crippen LogP contribution in [0.3, 0.4) is 0 Å². The highest BCUT2D eigenvalue weighted by Crippen LogP contribution is 2.54. The predicted octanol–water partition coefficient (Wildman–Crippen LogP) is 3.42. The lowest BCUT2D eigenvalue weighted by atomic mass is 10.2. The summed E-state index contributed by atoms with van der Waals surface area (Å²) < 4.78 is 28.4. The van der Waals surface area contributed by atoms with Crippen molar-refractivity contribution < 1.29 is 23.1 Å². The molecule has 0 aromatic carbocycles. The van der Waals surface area contributed by atoms with Crippen molar-refractivity contribution in [3.05, 3.63) is 0 Å². The largest absolute Gasteiger partial charge is 0.381 e. The summed E-state index contributed by atoms with van der Waals surface area (Å²) in [6.45, 7) is 8.56. The lowest BCUT2D eigenvalue weighted by Crippen LogP contribution is -2.23. The van der Waals surface area contributed by atoms with Gasteiger partial charge in [-0.3, -0.25) is 9.36 Å². The van der Waals surface area contributed by atoms with E-state index in [-0.39, 0.29) is 19.0 Å². The third kappa shape index (κ3) is 7.21. The summed E-state index contributed by atoms with van der Waals surface area (Å²) in [4.78, 5) is 11.7. The van der Waals surface area contributed by atoms with Gasteiger partial charge in [0, 0.05) is 13.2 Å². The van der Waals surface area contributed by atoms with Crippen LogP contribution in [-0.2, 0) is 23.1 Å². The molecule has 0 bridgehead atoms. The van der Waals surface area contributed by atoms with Crippen molar-refractivity contribution in [1.82, 2.24) is 0 Å². The molecule has 0 aromatic heterocycles. The maximum Gasteiger partial charge on any atom is 0.341 e. The second kappa shape index (κ2) is 10.6. The van der Waals surface area contributed by atoms with Crippen LogP contribution in [0.25, 0.3) is 0 Å². The first-order chi connectivity index (χ1) is 9.01. The van der Waals surface area contributed by atoms with Gasteiger partial charge in [-0.05, 0) is 33.6 Å². The van der Waals surface area contributed by atoms with Crippen molar-refractivity contribution in [2.24, 2.45) is 0 Å². The molecule has 19 heavy (non-hydrogen) atoms. The molecule has 0 aliphatic heterocycles. The summed E-state index contributed by atoms with van der Waals surface area (Å²) in [5.74, 6) is -0.177. The molecule has 0 spiro atoms. The number of hydrogen-bond donors (Lipinski definition) is 0. The second-order valence-corrected chi connectivity index (χ2v) is 6.48. The monoisotopic (exact) mass is 294 g/mol. The van der Waals surface area contributed by atoms with Gasteiger partial charge in [0.15, 0.2) is 0 Å². The van der Waals surface area contributed by atoms with Crippen LogP contribution >= 0.6 is 7.60 Å². The molecule has 0 aliphatic rings. The van der Waals surface area contributed by atoms with Gasteiger partial charge in [0.1, 0.15) is 11.4 Å². The molecule has 0 fully saturated rings. The Morgan fingerprint density at radius 2 is 1.68 bits per heavy atom. The van der Waals surface area contributed by atoms with Gasteiger partial charge in [0.05, 0.1) is 13.2 Å². The fraction of sp³-hybridized carbons (Fsp3) is 0.923. The number of hydrogen-bond acceptors (Lipinski definition) is 5. The molecule has 6 heteroatoms. The van der Waals surface area contributed by atoms with Crippen molar-refractivity contribution >= 4 is 13.4 Å². The Balaban J connectivity index is 4.50. The molecule has 0 aromatic rings. The minimum atomic E-state index is -3.37. The third-order valence-corrected chi connectivity index (χ3v) is 5.27. The minimum Gasteiger partial charge on any atom is -0.381 e. The van der Waals surface area contributed by atoms with Gasteiger partial charge >= 0.3 is 7.60 Å². The van der Waals surface area contributed by atoms with Gasteiger partial charge in [-0.1, -0.05) is 13.3 Å². The van der Waals surface area contributed by atoms with Crippen LogP contribution in [0.5, 0.6) is 0 Å². The molecule has 1 unspecified atom stereocenters. The van der Waals surface area contributed by atoms with Crippen molar-refractivity contribution in [3.63, 3.8) is 0 Å². The zero-order valence-electron chi connectivity index (χ0n) is 12.5. The number of unbranched alkanes of at least 4 members (excludes halogenated alkanes) is 1. The zero-order valence-corrected chi connectivity index (χ0v) is 13.4. The predicted molar refractivity (Wildman–Crippen MR) is 75.7 cm³/mol. The molecule has 0 amide bonds. The Bertz CT molecular complexity index is 283. The number of carbonyl (C=O) groups is 1. The average molecular weight is 294 g/mol. The van der Waals surface area contributed by atoms with E-state index in [4.69, 9.17) is 13.8 Å². The maximum atomic E-state index is 12.6. The van der Waals surface area contributed by atoms with Gasteiger partial charge in [-0.15, -0.1) is 0 Å². The molecule has 0 N–H and O–H groups in total.